The third-order valence-electron chi connectivity index (χ3n) is 4.23. The molecule has 3 rings (SSSR count). The van der Waals surface area contributed by atoms with Crippen molar-refractivity contribution in [1.82, 2.24) is 25.0 Å². The van der Waals surface area contributed by atoms with Crippen LogP contribution in [0.3, 0.4) is 0 Å². The Bertz CT molecular complexity index is 451. The van der Waals surface area contributed by atoms with E-state index in [1.807, 2.05) is 11.7 Å². The molecule has 0 bridgehead atoms. The van der Waals surface area contributed by atoms with Crippen LogP contribution in [0.2, 0.25) is 0 Å². The van der Waals surface area contributed by atoms with E-state index in [9.17, 15) is 0 Å². The van der Waals surface area contributed by atoms with Crippen molar-refractivity contribution >= 4 is 5.96 Å². The van der Waals surface area contributed by atoms with Crippen LogP contribution >= 0.6 is 0 Å². The first kappa shape index (κ1) is 13.4. The number of likely N-dealkylation sites (tertiary alicyclic amines) is 1. The Balaban J connectivity index is 1.50. The van der Waals surface area contributed by atoms with E-state index in [4.69, 9.17) is 4.74 Å². The van der Waals surface area contributed by atoms with Gasteiger partial charge in [-0.05, 0) is 12.8 Å². The van der Waals surface area contributed by atoms with E-state index < -0.39 is 0 Å². The number of nitrogens with zero attached hydrogens (tertiary/aromatic N) is 5. The lowest BCUT2D eigenvalue weighted by atomic mass is 9.87. The van der Waals surface area contributed by atoms with E-state index in [1.54, 1.807) is 12.7 Å². The van der Waals surface area contributed by atoms with Crippen LogP contribution in [0, 0.1) is 5.41 Å². The largest absolute Gasteiger partial charge is 0.381 e. The quantitative estimate of drug-likeness (QED) is 0.621. The van der Waals surface area contributed by atoms with Crippen LogP contribution in [0.5, 0.6) is 0 Å². The zero-order chi connectivity index (χ0) is 13.8. The van der Waals surface area contributed by atoms with Crippen LogP contribution in [0.1, 0.15) is 12.8 Å². The Hall–Kier alpha value is -1.63. The van der Waals surface area contributed by atoms with Crippen LogP contribution in [0.15, 0.2) is 17.6 Å². The Morgan fingerprint density at radius 1 is 1.50 bits per heavy atom. The number of rotatable bonds is 3. The molecule has 7 nitrogen and oxygen atoms in total. The molecule has 0 aliphatic carbocycles. The summed E-state index contributed by atoms with van der Waals surface area (Å²) in [6.45, 7) is 5.52. The maximum absolute atomic E-state index is 5.57. The van der Waals surface area contributed by atoms with Gasteiger partial charge in [-0.3, -0.25) is 9.67 Å². The van der Waals surface area contributed by atoms with Crippen molar-refractivity contribution in [2.24, 2.45) is 10.4 Å². The molecule has 2 fully saturated rings. The van der Waals surface area contributed by atoms with Gasteiger partial charge in [0.25, 0.3) is 0 Å². The molecule has 0 amide bonds. The van der Waals surface area contributed by atoms with Gasteiger partial charge in [0.1, 0.15) is 12.7 Å². The van der Waals surface area contributed by atoms with E-state index in [1.165, 1.54) is 12.8 Å². The molecule has 1 spiro atoms. The SMILES string of the molecule is CN=C(NCCn1cncn1)N1CCC2(CCOC2)C1. The summed E-state index contributed by atoms with van der Waals surface area (Å²) in [5.41, 5.74) is 0.365. The minimum atomic E-state index is 0.365. The van der Waals surface area contributed by atoms with E-state index in [0.717, 1.165) is 45.4 Å². The summed E-state index contributed by atoms with van der Waals surface area (Å²) in [6, 6.07) is 0. The normalized spacial score (nSPS) is 26.6. The predicted molar refractivity (Wildman–Crippen MR) is 75.4 cm³/mol. The minimum Gasteiger partial charge on any atom is -0.381 e. The second-order valence-corrected chi connectivity index (χ2v) is 5.61. The molecule has 1 unspecified atom stereocenters. The zero-order valence-electron chi connectivity index (χ0n) is 12.0. The van der Waals surface area contributed by atoms with Crippen molar-refractivity contribution < 1.29 is 4.74 Å². The lowest BCUT2D eigenvalue weighted by Crippen LogP contribution is -2.42. The summed E-state index contributed by atoms with van der Waals surface area (Å²) in [7, 11) is 1.84. The van der Waals surface area contributed by atoms with Crippen molar-refractivity contribution in [3.05, 3.63) is 12.7 Å². The van der Waals surface area contributed by atoms with Gasteiger partial charge in [-0.25, -0.2) is 4.98 Å². The van der Waals surface area contributed by atoms with Crippen molar-refractivity contribution in [3.63, 3.8) is 0 Å². The van der Waals surface area contributed by atoms with Crippen molar-refractivity contribution in [2.75, 3.05) is 39.9 Å². The van der Waals surface area contributed by atoms with Gasteiger partial charge < -0.3 is 15.0 Å². The van der Waals surface area contributed by atoms with Gasteiger partial charge in [-0.2, -0.15) is 5.10 Å². The monoisotopic (exact) mass is 278 g/mol. The minimum absolute atomic E-state index is 0.365. The highest BCUT2D eigenvalue weighted by atomic mass is 16.5. The Morgan fingerprint density at radius 2 is 2.45 bits per heavy atom. The highest BCUT2D eigenvalue weighted by molar-refractivity contribution is 5.80. The molecule has 20 heavy (non-hydrogen) atoms. The summed E-state index contributed by atoms with van der Waals surface area (Å²) < 4.78 is 7.38. The molecular weight excluding hydrogens is 256 g/mol. The van der Waals surface area contributed by atoms with Crippen LogP contribution in [0.25, 0.3) is 0 Å². The fraction of sp³-hybridized carbons (Fsp3) is 0.769. The number of hydrogen-bond donors (Lipinski definition) is 1. The smallest absolute Gasteiger partial charge is 0.193 e. The first-order valence-electron chi connectivity index (χ1n) is 7.17. The van der Waals surface area contributed by atoms with Gasteiger partial charge in [0.05, 0.1) is 13.2 Å². The van der Waals surface area contributed by atoms with Gasteiger partial charge >= 0.3 is 0 Å². The lowest BCUT2D eigenvalue weighted by Gasteiger charge is -2.24. The molecule has 0 radical (unpaired) electrons. The van der Waals surface area contributed by atoms with Crippen molar-refractivity contribution in [2.45, 2.75) is 19.4 Å². The molecule has 2 aliphatic heterocycles. The second-order valence-electron chi connectivity index (χ2n) is 5.61. The topological polar surface area (TPSA) is 67.6 Å². The molecule has 2 saturated heterocycles. The first-order chi connectivity index (χ1) is 9.81. The average Bonchev–Trinajstić information content (AvgIpc) is 3.19. The number of hydrogen-bond acceptors (Lipinski definition) is 4. The molecule has 0 saturated carbocycles. The summed E-state index contributed by atoms with van der Waals surface area (Å²) in [4.78, 5) is 10.7. The molecule has 7 heteroatoms. The number of aliphatic imine (C=N–C) groups is 1. The summed E-state index contributed by atoms with van der Waals surface area (Å²) in [5, 5.41) is 7.49. The highest BCUT2D eigenvalue weighted by Gasteiger charge is 2.42. The highest BCUT2D eigenvalue weighted by Crippen LogP contribution is 2.37. The molecule has 3 heterocycles. The van der Waals surface area contributed by atoms with Crippen LogP contribution in [-0.4, -0.2) is 65.5 Å². The van der Waals surface area contributed by atoms with E-state index >= 15 is 0 Å². The third-order valence-corrected chi connectivity index (χ3v) is 4.23. The number of guanidine groups is 1. The maximum atomic E-state index is 5.57. The molecule has 2 aliphatic rings. The fourth-order valence-corrected chi connectivity index (χ4v) is 3.05. The lowest BCUT2D eigenvalue weighted by molar-refractivity contribution is 0.156. The van der Waals surface area contributed by atoms with Crippen molar-refractivity contribution in [3.8, 4) is 0 Å². The zero-order valence-corrected chi connectivity index (χ0v) is 12.0. The van der Waals surface area contributed by atoms with Crippen molar-refractivity contribution in [1.29, 1.82) is 0 Å². The summed E-state index contributed by atoms with van der Waals surface area (Å²) in [6.07, 6.45) is 5.67. The van der Waals surface area contributed by atoms with E-state index in [0.29, 0.717) is 5.41 Å². The van der Waals surface area contributed by atoms with Crippen LogP contribution < -0.4 is 5.32 Å². The number of ether oxygens (including phenoxy) is 1. The fourth-order valence-electron chi connectivity index (χ4n) is 3.05. The molecule has 1 atom stereocenters. The van der Waals surface area contributed by atoms with Gasteiger partial charge in [0.15, 0.2) is 5.96 Å². The van der Waals surface area contributed by atoms with Crippen LogP contribution in [0.4, 0.5) is 0 Å². The standard InChI is InChI=1S/C13H22N6O/c1-14-12(16-4-6-19-11-15-10-17-19)18-5-2-13(8-18)3-7-20-9-13/h10-11H,2-9H2,1H3,(H,14,16). The summed E-state index contributed by atoms with van der Waals surface area (Å²) >= 11 is 0. The number of nitrogens with one attached hydrogen (secondary N) is 1. The van der Waals surface area contributed by atoms with Crippen LogP contribution in [-0.2, 0) is 11.3 Å². The van der Waals surface area contributed by atoms with E-state index in [2.05, 4.69) is 25.3 Å². The summed E-state index contributed by atoms with van der Waals surface area (Å²) in [5.74, 6) is 0.980. The van der Waals surface area contributed by atoms with Gasteiger partial charge in [0.2, 0.25) is 0 Å². The average molecular weight is 278 g/mol. The van der Waals surface area contributed by atoms with Gasteiger partial charge in [-0.15, -0.1) is 0 Å². The Kier molecular flexibility index (Phi) is 3.86. The third kappa shape index (κ3) is 2.77. The first-order valence-corrected chi connectivity index (χ1v) is 7.17. The molecular formula is C13H22N6O. The Labute approximate surface area is 119 Å². The molecule has 0 aromatic carbocycles. The molecule has 1 aromatic rings. The second kappa shape index (κ2) is 5.78. The number of aromatic nitrogens is 3. The van der Waals surface area contributed by atoms with Gasteiger partial charge in [-0.1, -0.05) is 0 Å². The molecule has 1 N–H and O–H groups in total. The van der Waals surface area contributed by atoms with E-state index in [-0.39, 0.29) is 0 Å². The maximum Gasteiger partial charge on any atom is 0.193 e. The predicted octanol–water partition coefficient (Wildman–Crippen LogP) is -0.0341. The van der Waals surface area contributed by atoms with Gasteiger partial charge in [0, 0.05) is 38.7 Å². The molecule has 110 valence electrons. The molecule has 1 aromatic heterocycles. The Morgan fingerprint density at radius 3 is 3.15 bits per heavy atom.